The Labute approximate surface area is 462 Å². The Morgan fingerprint density at radius 2 is 1.01 bits per heavy atom. The molecule has 12 atom stereocenters. The number of hydrogen-bond acceptors (Lipinski definition) is 23. The largest absolute Gasteiger partial charge is 0.507 e. The van der Waals surface area contributed by atoms with E-state index in [0.717, 1.165) is 0 Å². The fourth-order valence-electron chi connectivity index (χ4n) is 13.8. The van der Waals surface area contributed by atoms with Gasteiger partial charge in [-0.1, -0.05) is 31.2 Å². The molecule has 4 aliphatic heterocycles. The molecule has 81 heavy (non-hydrogen) atoms. The van der Waals surface area contributed by atoms with Gasteiger partial charge in [0.05, 0.1) is 78.7 Å². The molecule has 428 valence electrons. The SMILES string of the molecule is CCC(=O)[C@]1(O)Cc2c(O)c3c(c(O)c2[C@@H](OC2CC4C(OCN4CN4COC5C(C)OC(OC6C[C@](O)(C(=O)CO)Cc7c(O)c8c(c(O)c76)C(=O)c6c(OC)cccc6C8=O)CC54)C(C)O2)C1)C(=O)c1c(OC)cccc1C3=O. The van der Waals surface area contributed by atoms with Crippen molar-refractivity contribution >= 4 is 34.7 Å². The number of carbonyl (C=O) groups excluding carboxylic acids is 6. The molecule has 4 fully saturated rings. The first-order valence-electron chi connectivity index (χ1n) is 26.9. The van der Waals surface area contributed by atoms with Crippen LogP contribution in [0, 0.1) is 0 Å². The zero-order valence-corrected chi connectivity index (χ0v) is 44.8. The molecule has 4 saturated heterocycles. The molecular weight excluding hydrogens is 1060 g/mol. The number of aliphatic hydroxyl groups is 3. The maximum absolute atomic E-state index is 14.3. The van der Waals surface area contributed by atoms with Crippen molar-refractivity contribution in [2.45, 2.75) is 138 Å². The summed E-state index contributed by atoms with van der Waals surface area (Å²) in [4.78, 5) is 87.6. The molecule has 7 N–H and O–H groups in total. The Kier molecular flexibility index (Phi) is 13.5. The van der Waals surface area contributed by atoms with Crippen LogP contribution in [0.15, 0.2) is 36.4 Å². The second-order valence-electron chi connectivity index (χ2n) is 22.2. The highest BCUT2D eigenvalue weighted by Gasteiger charge is 2.55. The summed E-state index contributed by atoms with van der Waals surface area (Å²) >= 11 is 0. The molecule has 8 aliphatic rings. The summed E-state index contributed by atoms with van der Waals surface area (Å²) in [6.45, 7) is 4.57. The lowest BCUT2D eigenvalue weighted by molar-refractivity contribution is -0.248. The summed E-state index contributed by atoms with van der Waals surface area (Å²) in [5, 5.41) is 82.0. The summed E-state index contributed by atoms with van der Waals surface area (Å²) in [7, 11) is 2.64. The van der Waals surface area contributed by atoms with Gasteiger partial charge in [-0.2, -0.15) is 0 Å². The van der Waals surface area contributed by atoms with Gasteiger partial charge in [-0.25, -0.2) is 0 Å². The van der Waals surface area contributed by atoms with Crippen molar-refractivity contribution in [1.82, 2.24) is 9.80 Å². The molecule has 4 heterocycles. The van der Waals surface area contributed by atoms with E-state index in [1.54, 1.807) is 20.8 Å². The average molecular weight is 1120 g/mol. The molecular formula is C58H60N2O21. The van der Waals surface area contributed by atoms with E-state index in [-0.39, 0.29) is 95.4 Å². The third-order valence-corrected chi connectivity index (χ3v) is 17.7. The minimum atomic E-state index is -2.36. The zero-order valence-electron chi connectivity index (χ0n) is 44.8. The van der Waals surface area contributed by atoms with Gasteiger partial charge in [-0.3, -0.25) is 38.6 Å². The van der Waals surface area contributed by atoms with E-state index >= 15 is 0 Å². The van der Waals surface area contributed by atoms with Crippen molar-refractivity contribution in [2.75, 3.05) is 41.0 Å². The first-order chi connectivity index (χ1) is 38.7. The van der Waals surface area contributed by atoms with Gasteiger partial charge < -0.3 is 73.6 Å². The molecule has 0 radical (unpaired) electrons. The van der Waals surface area contributed by atoms with Crippen LogP contribution in [0.1, 0.15) is 151 Å². The predicted molar refractivity (Wildman–Crippen MR) is 274 cm³/mol. The minimum Gasteiger partial charge on any atom is -0.507 e. The standard InChI is InChI=1S/C58H60N2O21/c1-6-35(62)57(72)15-27-41(53(70)45-43(49(27)66)47(64)25-9-7-11-31(74-4)39(25)51(45)68)33(17-57)80-37-13-29-55(23(2)78-37)76-21-59(29)20-60-22-77-56-24(3)79-38(14-30(56)60)81-34-18-58(73,36(63)19-61)16-28-42(34)54(71)46-44(50(28)67)48(65)26-10-8-12-32(75-5)40(26)52(46)69/h7-12,23-24,29-30,33-34,37-38,55-56,61,66-67,70-73H,6,13-22H2,1-5H3/t23?,24?,29?,30?,33-,34?,37?,38?,55?,56?,57-,58-/m0/s1. The van der Waals surface area contributed by atoms with Crippen LogP contribution >= 0.6 is 0 Å². The van der Waals surface area contributed by atoms with Crippen molar-refractivity contribution in [3.05, 3.63) is 103 Å². The highest BCUT2D eigenvalue weighted by molar-refractivity contribution is 6.32. The summed E-state index contributed by atoms with van der Waals surface area (Å²) in [5.41, 5.74) is -7.41. The summed E-state index contributed by atoms with van der Waals surface area (Å²) < 4.78 is 49.5. The topological polar surface area (TPSA) is 324 Å². The number of methoxy groups -OCH3 is 2. The third-order valence-electron chi connectivity index (χ3n) is 17.7. The lowest BCUT2D eigenvalue weighted by atomic mass is 9.71. The number of phenols is 4. The summed E-state index contributed by atoms with van der Waals surface area (Å²) in [5.74, 6) is -7.39. The van der Waals surface area contributed by atoms with Crippen molar-refractivity contribution in [2.24, 2.45) is 0 Å². The number of Topliss-reactive ketones (excluding diaryl/α,β-unsaturated/α-hetero) is 2. The molecule has 0 spiro atoms. The molecule has 0 saturated carbocycles. The van der Waals surface area contributed by atoms with Crippen LogP contribution < -0.4 is 9.47 Å². The second-order valence-corrected chi connectivity index (χ2v) is 22.2. The minimum absolute atomic E-state index is 0.0578. The van der Waals surface area contributed by atoms with Gasteiger partial charge >= 0.3 is 0 Å². The Bertz CT molecular complexity index is 3180. The number of aliphatic hydroxyl groups excluding tert-OH is 1. The fourth-order valence-corrected chi connectivity index (χ4v) is 13.8. The van der Waals surface area contributed by atoms with Gasteiger partial charge in [0.2, 0.25) is 11.6 Å². The van der Waals surface area contributed by atoms with Gasteiger partial charge in [0.1, 0.15) is 78.0 Å². The maximum Gasteiger partial charge on any atom is 0.202 e. The predicted octanol–water partition coefficient (Wildman–Crippen LogP) is 3.07. The Morgan fingerprint density at radius 3 is 1.41 bits per heavy atom. The number of aromatic hydroxyl groups is 4. The van der Waals surface area contributed by atoms with Gasteiger partial charge in [-0.05, 0) is 26.0 Å². The van der Waals surface area contributed by atoms with Crippen LogP contribution in [0.25, 0.3) is 0 Å². The quantitative estimate of drug-likeness (QED) is 0.0866. The van der Waals surface area contributed by atoms with E-state index in [9.17, 15) is 64.5 Å². The van der Waals surface area contributed by atoms with Crippen LogP contribution in [0.4, 0.5) is 0 Å². The molecule has 4 aromatic carbocycles. The van der Waals surface area contributed by atoms with E-state index in [2.05, 4.69) is 4.90 Å². The summed E-state index contributed by atoms with van der Waals surface area (Å²) in [6.07, 6.45) is -9.09. The second kappa shape index (κ2) is 20.0. The maximum atomic E-state index is 14.3. The Hall–Kier alpha value is -6.74. The van der Waals surface area contributed by atoms with E-state index in [1.807, 2.05) is 4.90 Å². The molecule has 0 bridgehead atoms. The van der Waals surface area contributed by atoms with Crippen LogP contribution in [0.2, 0.25) is 0 Å². The summed E-state index contributed by atoms with van der Waals surface area (Å²) in [6, 6.07) is 7.95. The molecule has 4 aromatic rings. The van der Waals surface area contributed by atoms with Gasteiger partial charge in [0, 0.05) is 90.4 Å². The molecule has 4 aliphatic carbocycles. The number of nitrogens with zero attached hydrogens (tertiary/aromatic N) is 2. The molecule has 9 unspecified atom stereocenters. The fraction of sp³-hybridized carbons (Fsp3) is 0.483. The Balaban J connectivity index is 0.808. The number of rotatable bonds is 12. The third kappa shape index (κ3) is 8.34. The number of hydrogen-bond donors (Lipinski definition) is 7. The van der Waals surface area contributed by atoms with E-state index in [0.29, 0.717) is 0 Å². The number of fused-ring (bicyclic) bond motifs is 8. The van der Waals surface area contributed by atoms with Crippen molar-refractivity contribution in [1.29, 1.82) is 0 Å². The van der Waals surface area contributed by atoms with Crippen LogP contribution in [-0.4, -0.2) is 181 Å². The van der Waals surface area contributed by atoms with Crippen LogP contribution in [0.5, 0.6) is 34.5 Å². The van der Waals surface area contributed by atoms with Gasteiger partial charge in [-0.15, -0.1) is 0 Å². The smallest absolute Gasteiger partial charge is 0.202 e. The van der Waals surface area contributed by atoms with Gasteiger partial charge in [0.25, 0.3) is 0 Å². The highest BCUT2D eigenvalue weighted by atomic mass is 16.7. The molecule has 0 amide bonds. The van der Waals surface area contributed by atoms with Gasteiger partial charge in [0.15, 0.2) is 35.7 Å². The molecule has 23 nitrogen and oxygen atoms in total. The monoisotopic (exact) mass is 1120 g/mol. The first kappa shape index (κ1) is 54.8. The van der Waals surface area contributed by atoms with Crippen LogP contribution in [0.3, 0.4) is 0 Å². The number of carbonyl (C=O) groups is 6. The van der Waals surface area contributed by atoms with E-state index < -0.39 is 185 Å². The van der Waals surface area contributed by atoms with E-state index in [1.165, 1.54) is 50.6 Å². The lowest BCUT2D eigenvalue weighted by Crippen LogP contribution is -2.55. The Morgan fingerprint density at radius 1 is 0.605 bits per heavy atom. The highest BCUT2D eigenvalue weighted by Crippen LogP contribution is 2.55. The number of benzene rings is 4. The van der Waals surface area contributed by atoms with Crippen LogP contribution in [-0.2, 0) is 50.9 Å². The zero-order chi connectivity index (χ0) is 57.5. The normalized spacial score (nSPS) is 31.3. The average Bonchev–Trinajstić information content (AvgIpc) is 4.12. The molecule has 0 aromatic heterocycles. The van der Waals surface area contributed by atoms with Crippen molar-refractivity contribution in [3.63, 3.8) is 0 Å². The van der Waals surface area contributed by atoms with E-state index in [4.69, 9.17) is 37.9 Å². The van der Waals surface area contributed by atoms with Crippen molar-refractivity contribution < 1.29 is 102 Å². The van der Waals surface area contributed by atoms with Crippen molar-refractivity contribution in [3.8, 4) is 34.5 Å². The first-order valence-corrected chi connectivity index (χ1v) is 26.9. The number of ether oxygens (including phenoxy) is 8. The number of phenolic OH excluding ortho intramolecular Hbond substituents is 4. The number of ketones is 6. The lowest BCUT2D eigenvalue weighted by Gasteiger charge is -2.44. The molecule has 12 rings (SSSR count). The molecule has 23 heteroatoms.